The molecule has 1 N–H and O–H groups in total. The van der Waals surface area contributed by atoms with Gasteiger partial charge in [0.15, 0.2) is 5.82 Å². The summed E-state index contributed by atoms with van der Waals surface area (Å²) in [4.78, 5) is 14.9. The number of hydrogen-bond donors (Lipinski definition) is 1. The molecule has 1 fully saturated rings. The summed E-state index contributed by atoms with van der Waals surface area (Å²) in [5.41, 5.74) is 2.78. The number of benzene rings is 1. The Labute approximate surface area is 139 Å². The van der Waals surface area contributed by atoms with Crippen LogP contribution in [-0.4, -0.2) is 41.3 Å². The molecule has 7 nitrogen and oxygen atoms in total. The van der Waals surface area contributed by atoms with Gasteiger partial charge in [0, 0.05) is 50.1 Å². The van der Waals surface area contributed by atoms with E-state index < -0.39 is 4.92 Å². The predicted octanol–water partition coefficient (Wildman–Crippen LogP) is 2.91. The van der Waals surface area contributed by atoms with Crippen molar-refractivity contribution < 1.29 is 4.92 Å². The fourth-order valence-corrected chi connectivity index (χ4v) is 3.33. The van der Waals surface area contributed by atoms with Crippen molar-refractivity contribution in [3.8, 4) is 0 Å². The molecule has 3 rings (SSSR count). The summed E-state index contributed by atoms with van der Waals surface area (Å²) in [5, 5.41) is 18.6. The summed E-state index contributed by atoms with van der Waals surface area (Å²) in [6, 6.07) is 5.03. The molecule has 1 aliphatic heterocycles. The molecule has 0 radical (unpaired) electrons. The number of nitrogens with zero attached hydrogens (tertiary/aromatic N) is 4. The minimum absolute atomic E-state index is 0.0295. The number of non-ortho nitro benzene ring substituents is 1. The number of halogens is 1. The average Bonchev–Trinajstić information content (AvgIpc) is 2.93. The van der Waals surface area contributed by atoms with E-state index in [1.54, 1.807) is 6.07 Å². The van der Waals surface area contributed by atoms with Crippen molar-refractivity contribution in [2.24, 2.45) is 0 Å². The van der Waals surface area contributed by atoms with Gasteiger partial charge in [0.1, 0.15) is 0 Å². The highest BCUT2D eigenvalue weighted by molar-refractivity contribution is 6.33. The first-order chi connectivity index (χ1) is 11.0. The number of nitrogens with one attached hydrogen (secondary N) is 1. The van der Waals surface area contributed by atoms with Gasteiger partial charge in [-0.15, -0.1) is 0 Å². The summed E-state index contributed by atoms with van der Waals surface area (Å²) in [6.45, 7) is 7.09. The molecule has 0 aliphatic carbocycles. The molecule has 1 aromatic heterocycles. The molecule has 1 aromatic carbocycles. The number of nitro groups is 1. The maximum Gasteiger partial charge on any atom is 0.271 e. The zero-order valence-electron chi connectivity index (χ0n) is 13.0. The predicted molar refractivity (Wildman–Crippen MR) is 90.6 cm³/mol. The van der Waals surface area contributed by atoms with Crippen molar-refractivity contribution in [2.75, 3.05) is 36.0 Å². The third-order valence-electron chi connectivity index (χ3n) is 4.06. The molecule has 0 amide bonds. The number of nitro benzene ring substituents is 1. The Bertz CT molecular complexity index is 714. The van der Waals surface area contributed by atoms with Crippen LogP contribution in [0.15, 0.2) is 18.2 Å². The molecule has 0 spiro atoms. The Morgan fingerprint density at radius 3 is 2.35 bits per heavy atom. The highest BCUT2D eigenvalue weighted by atomic mass is 35.5. The van der Waals surface area contributed by atoms with Gasteiger partial charge in [-0.05, 0) is 19.4 Å². The number of aromatic nitrogens is 2. The van der Waals surface area contributed by atoms with Crippen LogP contribution >= 0.6 is 11.6 Å². The summed E-state index contributed by atoms with van der Waals surface area (Å²) in [7, 11) is 0. The topological polar surface area (TPSA) is 78.3 Å². The lowest BCUT2D eigenvalue weighted by molar-refractivity contribution is -0.384. The van der Waals surface area contributed by atoms with E-state index in [0.29, 0.717) is 5.02 Å². The summed E-state index contributed by atoms with van der Waals surface area (Å²) in [5.74, 6) is 0.952. The monoisotopic (exact) mass is 335 g/mol. The normalized spacial score (nSPS) is 15.1. The van der Waals surface area contributed by atoms with E-state index in [1.807, 2.05) is 19.9 Å². The van der Waals surface area contributed by atoms with Gasteiger partial charge >= 0.3 is 0 Å². The molecular formula is C15H18ClN5O2. The van der Waals surface area contributed by atoms with Crippen LogP contribution in [0.25, 0.3) is 0 Å². The first kappa shape index (κ1) is 15.6. The smallest absolute Gasteiger partial charge is 0.271 e. The Hall–Kier alpha value is -2.28. The molecule has 1 aliphatic rings. The molecule has 0 saturated carbocycles. The fourth-order valence-electron chi connectivity index (χ4n) is 2.95. The van der Waals surface area contributed by atoms with Crippen LogP contribution in [0.2, 0.25) is 5.02 Å². The largest absolute Gasteiger partial charge is 0.367 e. The zero-order chi connectivity index (χ0) is 16.6. The van der Waals surface area contributed by atoms with Gasteiger partial charge in [-0.25, -0.2) is 0 Å². The molecule has 23 heavy (non-hydrogen) atoms. The molecule has 1 saturated heterocycles. The lowest BCUT2D eigenvalue weighted by atomic mass is 10.1. The van der Waals surface area contributed by atoms with E-state index in [0.717, 1.165) is 48.9 Å². The van der Waals surface area contributed by atoms with Gasteiger partial charge in [-0.2, -0.15) is 5.10 Å². The van der Waals surface area contributed by atoms with Crippen LogP contribution in [0.4, 0.5) is 17.2 Å². The van der Waals surface area contributed by atoms with Crippen molar-refractivity contribution in [3.63, 3.8) is 0 Å². The minimum Gasteiger partial charge on any atom is -0.367 e. The number of aryl methyl sites for hydroxylation is 2. The molecular weight excluding hydrogens is 318 g/mol. The van der Waals surface area contributed by atoms with Crippen molar-refractivity contribution >= 4 is 28.8 Å². The van der Waals surface area contributed by atoms with Crippen LogP contribution in [0.1, 0.15) is 11.3 Å². The second-order valence-electron chi connectivity index (χ2n) is 5.73. The van der Waals surface area contributed by atoms with Crippen LogP contribution in [-0.2, 0) is 0 Å². The summed E-state index contributed by atoms with van der Waals surface area (Å²) >= 11 is 6.29. The highest BCUT2D eigenvalue weighted by Crippen LogP contribution is 2.34. The van der Waals surface area contributed by atoms with Crippen molar-refractivity contribution in [1.82, 2.24) is 10.2 Å². The third-order valence-corrected chi connectivity index (χ3v) is 4.35. The van der Waals surface area contributed by atoms with Gasteiger partial charge in [0.25, 0.3) is 5.69 Å². The van der Waals surface area contributed by atoms with Crippen LogP contribution in [0, 0.1) is 24.0 Å². The van der Waals surface area contributed by atoms with Crippen molar-refractivity contribution in [2.45, 2.75) is 13.8 Å². The molecule has 0 bridgehead atoms. The van der Waals surface area contributed by atoms with Gasteiger partial charge in [-0.3, -0.25) is 15.2 Å². The van der Waals surface area contributed by atoms with Gasteiger partial charge in [0.05, 0.1) is 15.6 Å². The summed E-state index contributed by atoms with van der Waals surface area (Å²) in [6.07, 6.45) is 0. The number of piperazine rings is 1. The molecule has 122 valence electrons. The lowest BCUT2D eigenvalue weighted by Gasteiger charge is -2.37. The highest BCUT2D eigenvalue weighted by Gasteiger charge is 2.23. The van der Waals surface area contributed by atoms with E-state index >= 15 is 0 Å². The lowest BCUT2D eigenvalue weighted by Crippen LogP contribution is -2.47. The van der Waals surface area contributed by atoms with Gasteiger partial charge in [0.2, 0.25) is 0 Å². The quantitative estimate of drug-likeness (QED) is 0.689. The van der Waals surface area contributed by atoms with Crippen LogP contribution < -0.4 is 9.80 Å². The SMILES string of the molecule is Cc1cc(N2CCN(c3c(C)cc([N+](=O)[O-])cc3Cl)CC2)n[nH]1. The first-order valence-electron chi connectivity index (χ1n) is 7.42. The molecule has 0 unspecified atom stereocenters. The Morgan fingerprint density at radius 2 is 1.83 bits per heavy atom. The second-order valence-corrected chi connectivity index (χ2v) is 6.14. The van der Waals surface area contributed by atoms with E-state index in [4.69, 9.17) is 11.6 Å². The number of rotatable bonds is 3. The fraction of sp³-hybridized carbons (Fsp3) is 0.400. The van der Waals surface area contributed by atoms with Crippen molar-refractivity contribution in [3.05, 3.63) is 44.6 Å². The van der Waals surface area contributed by atoms with Crippen LogP contribution in [0.5, 0.6) is 0 Å². The average molecular weight is 336 g/mol. The minimum atomic E-state index is -0.416. The van der Waals surface area contributed by atoms with Crippen LogP contribution in [0.3, 0.4) is 0 Å². The number of hydrogen-bond acceptors (Lipinski definition) is 5. The Kier molecular flexibility index (Phi) is 4.12. The second kappa shape index (κ2) is 6.08. The zero-order valence-corrected chi connectivity index (χ0v) is 13.8. The van der Waals surface area contributed by atoms with E-state index in [9.17, 15) is 10.1 Å². The molecule has 2 heterocycles. The molecule has 2 aromatic rings. The summed E-state index contributed by atoms with van der Waals surface area (Å²) < 4.78 is 0. The molecule has 0 atom stereocenters. The van der Waals surface area contributed by atoms with E-state index in [2.05, 4.69) is 20.0 Å². The number of anilines is 2. The third kappa shape index (κ3) is 3.10. The van der Waals surface area contributed by atoms with Gasteiger partial charge < -0.3 is 9.80 Å². The number of H-pyrrole nitrogens is 1. The maximum absolute atomic E-state index is 10.9. The standard InChI is InChI=1S/C15H18ClN5O2/c1-10-7-12(21(22)23)9-13(16)15(10)20-5-3-19(4-6-20)14-8-11(2)17-18-14/h7-9H,3-6H2,1-2H3,(H,17,18). The van der Waals surface area contributed by atoms with Crippen molar-refractivity contribution in [1.29, 1.82) is 0 Å². The maximum atomic E-state index is 10.9. The van der Waals surface area contributed by atoms with E-state index in [-0.39, 0.29) is 5.69 Å². The number of aromatic amines is 1. The first-order valence-corrected chi connectivity index (χ1v) is 7.80. The van der Waals surface area contributed by atoms with Gasteiger partial charge in [-0.1, -0.05) is 11.6 Å². The van der Waals surface area contributed by atoms with E-state index in [1.165, 1.54) is 6.07 Å². The molecule has 8 heteroatoms. The Morgan fingerprint density at radius 1 is 1.17 bits per heavy atom. The Balaban J connectivity index is 1.76.